The molecule has 0 spiro atoms. The van der Waals surface area contributed by atoms with E-state index in [1.54, 1.807) is 6.20 Å². The van der Waals surface area contributed by atoms with Crippen LogP contribution in [-0.4, -0.2) is 44.3 Å². The van der Waals surface area contributed by atoms with Gasteiger partial charge < -0.3 is 10.6 Å². The third-order valence-electron chi connectivity index (χ3n) is 2.29. The van der Waals surface area contributed by atoms with Gasteiger partial charge in [-0.2, -0.15) is 4.98 Å². The standard InChI is InChI=1S/C11H21N5O2S/c1-4-5-13-11-14-8-9(2)10(16-11)12-6-7-15-19(3,17)18/h8,15H,4-7H2,1-3H3,(H2,12,13,14,16). The molecule has 1 heterocycles. The van der Waals surface area contributed by atoms with E-state index >= 15 is 0 Å². The Morgan fingerprint density at radius 3 is 2.58 bits per heavy atom. The number of anilines is 2. The summed E-state index contributed by atoms with van der Waals surface area (Å²) in [7, 11) is -3.14. The molecule has 3 N–H and O–H groups in total. The summed E-state index contributed by atoms with van der Waals surface area (Å²) in [6, 6.07) is 0. The minimum absolute atomic E-state index is 0.319. The number of hydrogen-bond acceptors (Lipinski definition) is 6. The maximum atomic E-state index is 10.9. The molecule has 1 aromatic heterocycles. The SMILES string of the molecule is CCCNc1ncc(C)c(NCCNS(C)(=O)=O)n1. The minimum Gasteiger partial charge on any atom is -0.368 e. The summed E-state index contributed by atoms with van der Waals surface area (Å²) in [5.74, 6) is 1.29. The van der Waals surface area contributed by atoms with Crippen LogP contribution in [0.1, 0.15) is 18.9 Å². The minimum atomic E-state index is -3.14. The summed E-state index contributed by atoms with van der Waals surface area (Å²) >= 11 is 0. The molecular weight excluding hydrogens is 266 g/mol. The Balaban J connectivity index is 2.52. The van der Waals surface area contributed by atoms with Crippen molar-refractivity contribution in [3.05, 3.63) is 11.8 Å². The first-order valence-corrected chi connectivity index (χ1v) is 8.07. The molecule has 0 amide bonds. The Labute approximate surface area is 114 Å². The monoisotopic (exact) mass is 287 g/mol. The van der Waals surface area contributed by atoms with Crippen LogP contribution < -0.4 is 15.4 Å². The van der Waals surface area contributed by atoms with Crippen molar-refractivity contribution in [2.24, 2.45) is 0 Å². The summed E-state index contributed by atoms with van der Waals surface area (Å²) in [4.78, 5) is 8.50. The van der Waals surface area contributed by atoms with Crippen LogP contribution in [0.4, 0.5) is 11.8 Å². The zero-order valence-corrected chi connectivity index (χ0v) is 12.3. The van der Waals surface area contributed by atoms with Crippen molar-refractivity contribution in [1.29, 1.82) is 0 Å². The molecule has 1 rings (SSSR count). The highest BCUT2D eigenvalue weighted by Crippen LogP contribution is 2.11. The highest BCUT2D eigenvalue weighted by atomic mass is 32.2. The molecule has 19 heavy (non-hydrogen) atoms. The van der Waals surface area contributed by atoms with E-state index in [4.69, 9.17) is 0 Å². The molecule has 0 saturated heterocycles. The fraction of sp³-hybridized carbons (Fsp3) is 0.636. The second-order valence-electron chi connectivity index (χ2n) is 4.25. The molecule has 0 aliphatic carbocycles. The number of nitrogens with zero attached hydrogens (tertiary/aromatic N) is 2. The summed E-state index contributed by atoms with van der Waals surface area (Å²) in [5, 5.41) is 6.19. The highest BCUT2D eigenvalue weighted by Gasteiger charge is 2.04. The Morgan fingerprint density at radius 1 is 1.21 bits per heavy atom. The van der Waals surface area contributed by atoms with Gasteiger partial charge in [0, 0.05) is 31.4 Å². The van der Waals surface area contributed by atoms with Crippen LogP contribution in [-0.2, 0) is 10.0 Å². The van der Waals surface area contributed by atoms with Crippen LogP contribution in [0.5, 0.6) is 0 Å². The molecule has 0 bridgehead atoms. The van der Waals surface area contributed by atoms with E-state index in [0.29, 0.717) is 24.9 Å². The summed E-state index contributed by atoms with van der Waals surface area (Å²) in [6.45, 7) is 5.57. The van der Waals surface area contributed by atoms with Gasteiger partial charge in [-0.15, -0.1) is 0 Å². The smallest absolute Gasteiger partial charge is 0.224 e. The van der Waals surface area contributed by atoms with Crippen LogP contribution in [0.2, 0.25) is 0 Å². The lowest BCUT2D eigenvalue weighted by atomic mass is 10.3. The molecule has 108 valence electrons. The van der Waals surface area contributed by atoms with Crippen LogP contribution in [0.3, 0.4) is 0 Å². The van der Waals surface area contributed by atoms with Gasteiger partial charge >= 0.3 is 0 Å². The molecule has 1 aromatic rings. The van der Waals surface area contributed by atoms with Gasteiger partial charge in [0.25, 0.3) is 0 Å². The molecule has 0 radical (unpaired) electrons. The molecule has 8 heteroatoms. The van der Waals surface area contributed by atoms with Gasteiger partial charge in [-0.1, -0.05) is 6.92 Å². The lowest BCUT2D eigenvalue weighted by Crippen LogP contribution is -2.28. The number of rotatable bonds is 8. The van der Waals surface area contributed by atoms with Crippen molar-refractivity contribution in [2.75, 3.05) is 36.5 Å². The van der Waals surface area contributed by atoms with E-state index in [-0.39, 0.29) is 0 Å². The molecule has 0 unspecified atom stereocenters. The quantitative estimate of drug-likeness (QED) is 0.605. The predicted molar refractivity (Wildman–Crippen MR) is 76.9 cm³/mol. The average molecular weight is 287 g/mol. The molecule has 0 aliphatic rings. The third-order valence-corrected chi connectivity index (χ3v) is 3.02. The first-order chi connectivity index (χ1) is 8.92. The average Bonchev–Trinajstić information content (AvgIpc) is 2.33. The topological polar surface area (TPSA) is 96.0 Å². The predicted octanol–water partition coefficient (Wildman–Crippen LogP) is 0.568. The molecule has 7 nitrogen and oxygen atoms in total. The number of aromatic nitrogens is 2. The van der Waals surface area contributed by atoms with Crippen molar-refractivity contribution in [3.8, 4) is 0 Å². The Morgan fingerprint density at radius 2 is 1.95 bits per heavy atom. The van der Waals surface area contributed by atoms with E-state index in [1.807, 2.05) is 6.92 Å². The van der Waals surface area contributed by atoms with Gasteiger partial charge in [-0.3, -0.25) is 0 Å². The first-order valence-electron chi connectivity index (χ1n) is 6.18. The second-order valence-corrected chi connectivity index (χ2v) is 6.08. The largest absolute Gasteiger partial charge is 0.368 e. The van der Waals surface area contributed by atoms with E-state index < -0.39 is 10.0 Å². The third kappa shape index (κ3) is 6.35. The molecule has 0 aliphatic heterocycles. The molecule has 0 fully saturated rings. The fourth-order valence-corrected chi connectivity index (χ4v) is 1.83. The van der Waals surface area contributed by atoms with E-state index in [2.05, 4.69) is 32.2 Å². The zero-order chi connectivity index (χ0) is 14.3. The van der Waals surface area contributed by atoms with Crippen LogP contribution in [0, 0.1) is 6.92 Å². The molecule has 0 aromatic carbocycles. The van der Waals surface area contributed by atoms with Crippen molar-refractivity contribution in [2.45, 2.75) is 20.3 Å². The Hall–Kier alpha value is -1.41. The van der Waals surface area contributed by atoms with Gasteiger partial charge in [-0.05, 0) is 13.3 Å². The van der Waals surface area contributed by atoms with Crippen molar-refractivity contribution >= 4 is 21.8 Å². The number of aryl methyl sites for hydroxylation is 1. The summed E-state index contributed by atoms with van der Waals surface area (Å²) in [5.41, 5.74) is 0.918. The number of nitrogens with one attached hydrogen (secondary N) is 3. The maximum absolute atomic E-state index is 10.9. The molecular formula is C11H21N5O2S. The Kier molecular flexibility index (Phi) is 5.97. The summed E-state index contributed by atoms with van der Waals surface area (Å²) < 4.78 is 24.2. The van der Waals surface area contributed by atoms with Gasteiger partial charge in [0.2, 0.25) is 16.0 Å². The number of sulfonamides is 1. The van der Waals surface area contributed by atoms with Gasteiger partial charge in [-0.25, -0.2) is 18.1 Å². The highest BCUT2D eigenvalue weighted by molar-refractivity contribution is 7.88. The van der Waals surface area contributed by atoms with Gasteiger partial charge in [0.1, 0.15) is 5.82 Å². The number of hydrogen-bond donors (Lipinski definition) is 3. The van der Waals surface area contributed by atoms with Crippen molar-refractivity contribution in [3.63, 3.8) is 0 Å². The zero-order valence-electron chi connectivity index (χ0n) is 11.5. The lowest BCUT2D eigenvalue weighted by Gasteiger charge is -2.10. The fourth-order valence-electron chi connectivity index (χ4n) is 1.36. The van der Waals surface area contributed by atoms with E-state index in [0.717, 1.165) is 24.8 Å². The van der Waals surface area contributed by atoms with Crippen LogP contribution >= 0.6 is 0 Å². The maximum Gasteiger partial charge on any atom is 0.224 e. The second kappa shape index (κ2) is 7.25. The Bertz CT molecular complexity index is 504. The van der Waals surface area contributed by atoms with Crippen LogP contribution in [0.15, 0.2) is 6.20 Å². The normalized spacial score (nSPS) is 11.3. The van der Waals surface area contributed by atoms with E-state index in [9.17, 15) is 8.42 Å². The first kappa shape index (κ1) is 15.6. The molecule has 0 saturated carbocycles. The van der Waals surface area contributed by atoms with Gasteiger partial charge in [0.05, 0.1) is 6.26 Å². The molecule has 0 atom stereocenters. The van der Waals surface area contributed by atoms with E-state index in [1.165, 1.54) is 0 Å². The van der Waals surface area contributed by atoms with Crippen LogP contribution in [0.25, 0.3) is 0 Å². The van der Waals surface area contributed by atoms with Gasteiger partial charge in [0.15, 0.2) is 0 Å². The van der Waals surface area contributed by atoms with Crippen molar-refractivity contribution in [1.82, 2.24) is 14.7 Å². The summed E-state index contributed by atoms with van der Waals surface area (Å²) in [6.07, 6.45) is 3.87. The lowest BCUT2D eigenvalue weighted by molar-refractivity contribution is 0.589. The van der Waals surface area contributed by atoms with Crippen molar-refractivity contribution < 1.29 is 8.42 Å².